The summed E-state index contributed by atoms with van der Waals surface area (Å²) in [5, 5.41) is 0. The van der Waals surface area contributed by atoms with Crippen molar-refractivity contribution in [3.63, 3.8) is 0 Å². The first kappa shape index (κ1) is 25.5. The number of hydrogen-bond acceptors (Lipinski definition) is 1. The summed E-state index contributed by atoms with van der Waals surface area (Å²) in [6, 6.07) is 0. The summed E-state index contributed by atoms with van der Waals surface area (Å²) in [5.74, 6) is 0. The zero-order valence-electron chi connectivity index (χ0n) is 16.5. The maximum absolute atomic E-state index is 7.72. The third-order valence-electron chi connectivity index (χ3n) is 4.94. The van der Waals surface area contributed by atoms with Gasteiger partial charge in [0.15, 0.2) is 0 Å². The van der Waals surface area contributed by atoms with Gasteiger partial charge in [0.1, 0.15) is 0 Å². The molecule has 0 unspecified atom stereocenters. The van der Waals surface area contributed by atoms with Crippen LogP contribution in [0.3, 0.4) is 0 Å². The van der Waals surface area contributed by atoms with Crippen molar-refractivity contribution in [2.24, 2.45) is 0 Å². The van der Waals surface area contributed by atoms with Crippen molar-refractivity contribution in [2.75, 3.05) is 26.2 Å². The number of quaternary nitrogens is 1. The van der Waals surface area contributed by atoms with E-state index in [1.54, 1.807) is 0 Å². The summed E-state index contributed by atoms with van der Waals surface area (Å²) in [5.41, 5.74) is 0. The van der Waals surface area contributed by atoms with Crippen LogP contribution < -0.4 is 4.66 Å². The average molecular weight is 350 g/mol. The summed E-state index contributed by atoms with van der Waals surface area (Å²) in [7, 11) is 0. The number of nitrogens with zero attached hydrogens (tertiary/aromatic N) is 1. The van der Waals surface area contributed by atoms with Gasteiger partial charge in [-0.1, -0.05) is 53.4 Å². The Bertz CT molecular complexity index is 166. The third-order valence-corrected chi connectivity index (χ3v) is 4.94. The molecule has 0 aliphatic rings. The molecule has 2 nitrogen and oxygen atoms in total. The predicted octanol–water partition coefficient (Wildman–Crippen LogP) is 6.06. The van der Waals surface area contributed by atoms with Gasteiger partial charge in [-0.05, 0) is 51.4 Å². The molecule has 0 radical (unpaired) electrons. The fourth-order valence-electron chi connectivity index (χ4n) is 3.46. The predicted molar refractivity (Wildman–Crippen MR) is 104 cm³/mol. The van der Waals surface area contributed by atoms with Crippen LogP contribution in [-0.2, 0) is 0 Å². The molecular formula is C20H44ClNO. The fraction of sp³-hybridized carbons (Fsp3) is 1.00. The molecule has 0 aromatic rings. The van der Waals surface area contributed by atoms with E-state index in [0.29, 0.717) is 0 Å². The van der Waals surface area contributed by atoms with E-state index >= 15 is 0 Å². The lowest BCUT2D eigenvalue weighted by atomic mass is 10.1. The maximum Gasteiger partial charge on any atom is 0.0786 e. The molecule has 23 heavy (non-hydrogen) atoms. The highest BCUT2D eigenvalue weighted by molar-refractivity contribution is 6.02. The molecule has 0 atom stereocenters. The summed E-state index contributed by atoms with van der Waals surface area (Å²) >= 11 is 3.39. The molecule has 3 heteroatoms. The van der Waals surface area contributed by atoms with Crippen LogP contribution in [0.25, 0.3) is 0 Å². The van der Waals surface area contributed by atoms with Crippen LogP contribution in [0.15, 0.2) is 0 Å². The van der Waals surface area contributed by atoms with E-state index < -0.39 is 0 Å². The molecule has 0 saturated carbocycles. The van der Waals surface area contributed by atoms with Crippen LogP contribution in [0.1, 0.15) is 105 Å². The van der Waals surface area contributed by atoms with Crippen molar-refractivity contribution in [1.82, 2.24) is 0 Å². The highest BCUT2D eigenvalue weighted by atomic mass is 35.5. The molecule has 0 spiro atoms. The van der Waals surface area contributed by atoms with E-state index in [4.69, 9.17) is 4.66 Å². The lowest BCUT2D eigenvalue weighted by Gasteiger charge is -2.39. The van der Waals surface area contributed by atoms with Gasteiger partial charge >= 0.3 is 0 Å². The van der Waals surface area contributed by atoms with Gasteiger partial charge in [-0.2, -0.15) is 0 Å². The average Bonchev–Trinajstić information content (AvgIpc) is 2.57. The van der Waals surface area contributed by atoms with E-state index in [-0.39, 0.29) is 0 Å². The second-order valence-corrected chi connectivity index (χ2v) is 7.06. The van der Waals surface area contributed by atoms with Gasteiger partial charge in [-0.3, -0.25) is 0 Å². The second-order valence-electron chi connectivity index (χ2n) is 7.06. The first-order valence-corrected chi connectivity index (χ1v) is 10.6. The molecular weight excluding hydrogens is 306 g/mol. The van der Waals surface area contributed by atoms with E-state index in [1.807, 2.05) is 0 Å². The Kier molecular flexibility index (Phi) is 22.4. The molecule has 0 aromatic carbocycles. The smallest absolute Gasteiger partial charge is 0.0786 e. The summed E-state index contributed by atoms with van der Waals surface area (Å²) < 4.78 is 9.17. The number of halogens is 1. The minimum Gasteiger partial charge on any atom is -0.769 e. The van der Waals surface area contributed by atoms with Gasteiger partial charge in [0.05, 0.1) is 26.2 Å². The number of unbranched alkanes of at least 4 members (excludes halogenated alkanes) is 8. The van der Waals surface area contributed by atoms with Crippen molar-refractivity contribution in [1.29, 1.82) is 0 Å². The van der Waals surface area contributed by atoms with Crippen molar-refractivity contribution < 1.29 is 9.14 Å². The van der Waals surface area contributed by atoms with Crippen molar-refractivity contribution in [3.05, 3.63) is 0 Å². The molecule has 0 fully saturated rings. The highest BCUT2D eigenvalue weighted by Crippen LogP contribution is 2.18. The molecule has 0 bridgehead atoms. The summed E-state index contributed by atoms with van der Waals surface area (Å²) in [4.78, 5) is 0. The first-order valence-electron chi connectivity index (χ1n) is 10.2. The Balaban J connectivity index is 0. The van der Waals surface area contributed by atoms with Gasteiger partial charge in [-0.25, -0.2) is 11.9 Å². The van der Waals surface area contributed by atoms with E-state index in [2.05, 4.69) is 39.6 Å². The molecule has 0 amide bonds. The second kappa shape index (κ2) is 20.3. The highest BCUT2D eigenvalue weighted by Gasteiger charge is 2.25. The monoisotopic (exact) mass is 349 g/mol. The molecule has 0 aliphatic carbocycles. The SMILES string of the molecule is CCCCC[N+](CCCCC)(CCCCC)CCCCC.[O-]Cl. The zero-order valence-corrected chi connectivity index (χ0v) is 17.3. The van der Waals surface area contributed by atoms with Crippen LogP contribution in [0.2, 0.25) is 0 Å². The number of rotatable bonds is 16. The van der Waals surface area contributed by atoms with Gasteiger partial charge < -0.3 is 9.14 Å². The van der Waals surface area contributed by atoms with E-state index in [9.17, 15) is 0 Å². The number of hydrogen-bond donors (Lipinski definition) is 0. The topological polar surface area (TPSA) is 23.1 Å². The Morgan fingerprint density at radius 1 is 0.478 bits per heavy atom. The van der Waals surface area contributed by atoms with Gasteiger partial charge in [0, 0.05) is 0 Å². The normalized spacial score (nSPS) is 11.2. The standard InChI is InChI=1S/C20H44N.ClO/c1-5-9-13-17-21(18-14-10-6-2,19-15-11-7-3)20-16-12-8-4;1-2/h5-20H2,1-4H3;/q+1;-1. The Morgan fingerprint density at radius 3 is 0.870 bits per heavy atom. The van der Waals surface area contributed by atoms with Gasteiger partial charge in [0.2, 0.25) is 0 Å². The van der Waals surface area contributed by atoms with Crippen LogP contribution in [0, 0.1) is 0 Å². The van der Waals surface area contributed by atoms with Crippen LogP contribution in [-0.4, -0.2) is 30.7 Å². The van der Waals surface area contributed by atoms with Crippen LogP contribution in [0.5, 0.6) is 0 Å². The lowest BCUT2D eigenvalue weighted by molar-refractivity contribution is -0.929. The Morgan fingerprint density at radius 2 is 0.696 bits per heavy atom. The quantitative estimate of drug-likeness (QED) is 0.245. The molecule has 0 rings (SSSR count). The van der Waals surface area contributed by atoms with Gasteiger partial charge in [-0.15, -0.1) is 0 Å². The minimum atomic E-state index is 1.36. The molecule has 0 heterocycles. The third kappa shape index (κ3) is 15.5. The zero-order chi connectivity index (χ0) is 17.8. The van der Waals surface area contributed by atoms with Crippen LogP contribution >= 0.6 is 11.9 Å². The summed E-state index contributed by atoms with van der Waals surface area (Å²) in [6.45, 7) is 15.1. The Hall–Kier alpha value is 0.210. The van der Waals surface area contributed by atoms with Crippen molar-refractivity contribution in [2.45, 2.75) is 105 Å². The molecule has 0 aromatic heterocycles. The van der Waals surface area contributed by atoms with Crippen LogP contribution in [0.4, 0.5) is 0 Å². The minimum absolute atomic E-state index is 1.36. The van der Waals surface area contributed by atoms with Gasteiger partial charge in [0.25, 0.3) is 0 Å². The van der Waals surface area contributed by atoms with E-state index in [1.165, 1.54) is 108 Å². The van der Waals surface area contributed by atoms with E-state index in [0.717, 1.165) is 0 Å². The maximum atomic E-state index is 7.72. The lowest BCUT2D eigenvalue weighted by Crippen LogP contribution is -2.50. The molecule has 0 aliphatic heterocycles. The van der Waals surface area contributed by atoms with Crippen molar-refractivity contribution in [3.8, 4) is 0 Å². The Labute approximate surface area is 152 Å². The molecule has 0 saturated heterocycles. The largest absolute Gasteiger partial charge is 0.769 e. The van der Waals surface area contributed by atoms with Crippen molar-refractivity contribution >= 4 is 11.9 Å². The fourth-order valence-corrected chi connectivity index (χ4v) is 3.46. The first-order chi connectivity index (χ1) is 11.2. The molecule has 142 valence electrons. The summed E-state index contributed by atoms with van der Waals surface area (Å²) in [6.07, 6.45) is 16.9. The molecule has 0 N–H and O–H groups in total.